The van der Waals surface area contributed by atoms with Crippen molar-refractivity contribution in [3.8, 4) is 12.3 Å². The van der Waals surface area contributed by atoms with Gasteiger partial charge in [-0.25, -0.2) is 0 Å². The van der Waals surface area contributed by atoms with Gasteiger partial charge in [0.05, 0.1) is 0 Å². The van der Waals surface area contributed by atoms with Crippen molar-refractivity contribution in [2.24, 2.45) is 0 Å². The van der Waals surface area contributed by atoms with Gasteiger partial charge in [0, 0.05) is 16.7 Å². The summed E-state index contributed by atoms with van der Waals surface area (Å²) in [5.74, 6) is 2.41. The van der Waals surface area contributed by atoms with E-state index in [-0.39, 0.29) is 11.4 Å². The van der Waals surface area contributed by atoms with Crippen molar-refractivity contribution >= 4 is 5.91 Å². The molecule has 1 rings (SSSR count). The van der Waals surface area contributed by atoms with Crippen LogP contribution in [0.25, 0.3) is 0 Å². The van der Waals surface area contributed by atoms with Gasteiger partial charge in [-0.3, -0.25) is 4.79 Å². The van der Waals surface area contributed by atoms with Crippen molar-refractivity contribution in [1.29, 1.82) is 0 Å². The van der Waals surface area contributed by atoms with E-state index in [0.29, 0.717) is 5.56 Å². The second-order valence-corrected chi connectivity index (χ2v) is 4.43. The first-order valence-corrected chi connectivity index (χ1v) is 4.81. The minimum Gasteiger partial charge on any atom is -0.347 e. The molecule has 0 heterocycles. The molecule has 78 valence electrons. The van der Waals surface area contributed by atoms with Crippen LogP contribution in [0.5, 0.6) is 0 Å². The Morgan fingerprint density at radius 1 is 1.40 bits per heavy atom. The highest BCUT2D eigenvalue weighted by Crippen LogP contribution is 2.07. The van der Waals surface area contributed by atoms with Crippen molar-refractivity contribution in [2.75, 3.05) is 0 Å². The highest BCUT2D eigenvalue weighted by atomic mass is 16.1. The van der Waals surface area contributed by atoms with E-state index >= 15 is 0 Å². The Morgan fingerprint density at radius 3 is 2.60 bits per heavy atom. The molecule has 0 atom stereocenters. The summed E-state index contributed by atoms with van der Waals surface area (Å²) in [5, 5.41) is 2.88. The lowest BCUT2D eigenvalue weighted by atomic mass is 10.1. The molecular weight excluding hydrogens is 186 g/mol. The summed E-state index contributed by atoms with van der Waals surface area (Å²) in [4.78, 5) is 11.7. The maximum absolute atomic E-state index is 11.7. The monoisotopic (exact) mass is 201 g/mol. The van der Waals surface area contributed by atoms with Crippen molar-refractivity contribution in [2.45, 2.75) is 26.3 Å². The van der Waals surface area contributed by atoms with Gasteiger partial charge < -0.3 is 5.32 Å². The number of carbonyl (C=O) groups is 1. The fraction of sp³-hybridized carbons (Fsp3) is 0.308. The predicted molar refractivity (Wildman–Crippen MR) is 61.6 cm³/mol. The summed E-state index contributed by atoms with van der Waals surface area (Å²) >= 11 is 0. The van der Waals surface area contributed by atoms with Gasteiger partial charge >= 0.3 is 0 Å². The van der Waals surface area contributed by atoms with E-state index < -0.39 is 0 Å². The summed E-state index contributed by atoms with van der Waals surface area (Å²) in [5.41, 5.74) is 1.08. The SMILES string of the molecule is C#Cc1cccc(C(=O)NC(C)(C)C)c1. The van der Waals surface area contributed by atoms with Gasteiger partial charge in [0.1, 0.15) is 0 Å². The average Bonchev–Trinajstić information content (AvgIpc) is 2.15. The first kappa shape index (κ1) is 11.3. The third-order valence-corrected chi connectivity index (χ3v) is 1.78. The Balaban J connectivity index is 2.88. The van der Waals surface area contributed by atoms with E-state index in [2.05, 4.69) is 11.2 Å². The Morgan fingerprint density at radius 2 is 2.07 bits per heavy atom. The van der Waals surface area contributed by atoms with Crippen LogP contribution in [-0.2, 0) is 0 Å². The smallest absolute Gasteiger partial charge is 0.251 e. The molecule has 1 aromatic carbocycles. The molecule has 0 bridgehead atoms. The molecule has 0 spiro atoms. The largest absolute Gasteiger partial charge is 0.347 e. The fourth-order valence-electron chi connectivity index (χ4n) is 1.16. The van der Waals surface area contributed by atoms with Crippen LogP contribution >= 0.6 is 0 Å². The second-order valence-electron chi connectivity index (χ2n) is 4.43. The Labute approximate surface area is 90.7 Å². The molecule has 0 saturated heterocycles. The number of carbonyl (C=O) groups excluding carboxylic acids is 1. The third kappa shape index (κ3) is 3.47. The lowest BCUT2D eigenvalue weighted by Crippen LogP contribution is -2.40. The first-order chi connectivity index (χ1) is 6.92. The van der Waals surface area contributed by atoms with E-state index in [1.165, 1.54) is 0 Å². The van der Waals surface area contributed by atoms with Crippen LogP contribution in [-0.4, -0.2) is 11.4 Å². The zero-order valence-electron chi connectivity index (χ0n) is 9.29. The Hall–Kier alpha value is -1.75. The quantitative estimate of drug-likeness (QED) is 0.693. The molecule has 0 aliphatic heterocycles. The molecule has 1 aromatic rings. The number of terminal acetylenes is 1. The van der Waals surface area contributed by atoms with Crippen LogP contribution in [0.15, 0.2) is 24.3 Å². The minimum absolute atomic E-state index is 0.0976. The molecule has 0 aliphatic rings. The predicted octanol–water partition coefficient (Wildman–Crippen LogP) is 2.20. The molecular formula is C13H15NO. The zero-order valence-corrected chi connectivity index (χ0v) is 9.29. The lowest BCUT2D eigenvalue weighted by Gasteiger charge is -2.20. The van der Waals surface area contributed by atoms with E-state index in [9.17, 15) is 4.79 Å². The van der Waals surface area contributed by atoms with Gasteiger partial charge in [0.15, 0.2) is 0 Å². The Kier molecular flexibility index (Phi) is 3.16. The number of rotatable bonds is 1. The van der Waals surface area contributed by atoms with Gasteiger partial charge in [-0.05, 0) is 39.0 Å². The zero-order chi connectivity index (χ0) is 11.5. The number of nitrogens with one attached hydrogen (secondary N) is 1. The van der Waals surface area contributed by atoms with Crippen LogP contribution in [0.1, 0.15) is 36.7 Å². The van der Waals surface area contributed by atoms with Crippen LogP contribution < -0.4 is 5.32 Å². The summed E-state index contributed by atoms with van der Waals surface area (Å²) in [7, 11) is 0. The maximum atomic E-state index is 11.7. The summed E-state index contributed by atoms with van der Waals surface area (Å²) in [6, 6.07) is 7.05. The van der Waals surface area contributed by atoms with Crippen LogP contribution in [0.3, 0.4) is 0 Å². The van der Waals surface area contributed by atoms with Crippen molar-refractivity contribution in [3.63, 3.8) is 0 Å². The molecule has 2 heteroatoms. The van der Waals surface area contributed by atoms with Crippen LogP contribution in [0, 0.1) is 12.3 Å². The number of hydrogen-bond acceptors (Lipinski definition) is 1. The van der Waals surface area contributed by atoms with Crippen LogP contribution in [0.2, 0.25) is 0 Å². The van der Waals surface area contributed by atoms with Crippen LogP contribution in [0.4, 0.5) is 0 Å². The molecule has 0 aliphatic carbocycles. The standard InChI is InChI=1S/C13H15NO/c1-5-10-7-6-8-11(9-10)12(15)14-13(2,3)4/h1,6-9H,2-4H3,(H,14,15). The maximum Gasteiger partial charge on any atom is 0.251 e. The van der Waals surface area contributed by atoms with Crippen molar-refractivity contribution in [3.05, 3.63) is 35.4 Å². The topological polar surface area (TPSA) is 29.1 Å². The van der Waals surface area contributed by atoms with E-state index in [1.54, 1.807) is 24.3 Å². The highest BCUT2D eigenvalue weighted by molar-refractivity contribution is 5.94. The van der Waals surface area contributed by atoms with Gasteiger partial charge in [0.25, 0.3) is 5.91 Å². The fourth-order valence-corrected chi connectivity index (χ4v) is 1.16. The molecule has 0 fully saturated rings. The van der Waals surface area contributed by atoms with E-state index in [1.807, 2.05) is 20.8 Å². The molecule has 0 saturated carbocycles. The summed E-state index contributed by atoms with van der Waals surface area (Å²) in [6.45, 7) is 5.82. The first-order valence-electron chi connectivity index (χ1n) is 4.81. The molecule has 0 radical (unpaired) electrons. The minimum atomic E-state index is -0.233. The number of amides is 1. The third-order valence-electron chi connectivity index (χ3n) is 1.78. The normalized spacial score (nSPS) is 10.5. The van der Waals surface area contributed by atoms with Gasteiger partial charge in [-0.1, -0.05) is 12.0 Å². The van der Waals surface area contributed by atoms with Crippen molar-refractivity contribution < 1.29 is 4.79 Å². The molecule has 2 nitrogen and oxygen atoms in total. The molecule has 0 unspecified atom stereocenters. The Bertz CT molecular complexity index is 407. The highest BCUT2D eigenvalue weighted by Gasteiger charge is 2.14. The van der Waals surface area contributed by atoms with Gasteiger partial charge in [0.2, 0.25) is 0 Å². The summed E-state index contributed by atoms with van der Waals surface area (Å²) < 4.78 is 0. The second kappa shape index (κ2) is 4.18. The summed E-state index contributed by atoms with van der Waals surface area (Å²) in [6.07, 6.45) is 5.26. The van der Waals surface area contributed by atoms with E-state index in [4.69, 9.17) is 6.42 Å². The van der Waals surface area contributed by atoms with Crippen molar-refractivity contribution in [1.82, 2.24) is 5.32 Å². The van der Waals surface area contributed by atoms with Gasteiger partial charge in [-0.15, -0.1) is 6.42 Å². The molecule has 1 N–H and O–H groups in total. The molecule has 15 heavy (non-hydrogen) atoms. The molecule has 1 amide bonds. The molecule has 0 aromatic heterocycles. The van der Waals surface area contributed by atoms with Gasteiger partial charge in [-0.2, -0.15) is 0 Å². The van der Waals surface area contributed by atoms with E-state index in [0.717, 1.165) is 5.56 Å². The average molecular weight is 201 g/mol. The number of hydrogen-bond donors (Lipinski definition) is 1. The lowest BCUT2D eigenvalue weighted by molar-refractivity contribution is 0.0919. The number of benzene rings is 1.